The summed E-state index contributed by atoms with van der Waals surface area (Å²) in [5.74, 6) is 1.85. The molecule has 4 heterocycles. The Labute approximate surface area is 540 Å². The van der Waals surface area contributed by atoms with Crippen LogP contribution in [0.1, 0.15) is 131 Å². The Morgan fingerprint density at radius 2 is 1.13 bits per heavy atom. The number of rotatable bonds is 7. The zero-order chi connectivity index (χ0) is 70.8. The molecule has 0 atom stereocenters. The van der Waals surface area contributed by atoms with E-state index in [1.54, 1.807) is 0 Å². The van der Waals surface area contributed by atoms with Crippen LogP contribution in [0.2, 0.25) is 0 Å². The van der Waals surface area contributed by atoms with Gasteiger partial charge in [0, 0.05) is 31.3 Å². The van der Waals surface area contributed by atoms with Gasteiger partial charge in [0.25, 0.3) is 6.33 Å². The van der Waals surface area contributed by atoms with Gasteiger partial charge in [-0.25, -0.2) is 4.98 Å². The Kier molecular flexibility index (Phi) is 10.3. The fraction of sp³-hybridized carbons (Fsp3) is 0.214. The van der Waals surface area contributed by atoms with Gasteiger partial charge in [-0.1, -0.05) is 203 Å². The highest BCUT2D eigenvalue weighted by atomic mass is 16.5. The standard InChI is InChI=1S/C84H76N4O/c1-52-22-20-23-53(2)78(52)57-43-67(55-32-34-58(35-33-55)81(3,4)5)79-71(44-57)69-50-73-72(83(9,10)39-40-84(73,11)12)49-68(69)63-28-16-17-29-64(63)70-42-56(54-24-14-13-15-25-54)45-76-80(70)87(79)51-86(76)60-26-21-27-61(47-60)89-62-36-37-66-65-30-18-19-31-74(65)88(75(66)48-62)77-46-59(38-41-85-77)82(6,7)8/h13-38,41-50H,39-40H2,1-12H3/i1D3,2D3,13D,14D,15D,24D,25D. The molecule has 0 bridgehead atoms. The molecule has 5 heteroatoms. The zero-order valence-corrected chi connectivity index (χ0v) is 52.0. The van der Waals surface area contributed by atoms with E-state index in [1.165, 1.54) is 23.8 Å². The van der Waals surface area contributed by atoms with E-state index in [9.17, 15) is 2.74 Å². The first-order valence-electron chi connectivity index (χ1n) is 36.3. The van der Waals surface area contributed by atoms with Gasteiger partial charge in [-0.05, 0) is 221 Å². The van der Waals surface area contributed by atoms with Gasteiger partial charge >= 0.3 is 0 Å². The molecule has 89 heavy (non-hydrogen) atoms. The number of aryl methyl sites for hydroxylation is 2. The summed E-state index contributed by atoms with van der Waals surface area (Å²) in [6, 6.07) is 57.6. The fourth-order valence-corrected chi connectivity index (χ4v) is 13.9. The number of para-hydroxylation sites is 1. The zero-order valence-electron chi connectivity index (χ0n) is 63.0. The van der Waals surface area contributed by atoms with Crippen molar-refractivity contribution >= 4 is 32.8 Å². The molecule has 0 amide bonds. The highest BCUT2D eigenvalue weighted by molar-refractivity contribution is 6.10. The summed E-state index contributed by atoms with van der Waals surface area (Å²) in [5, 5.41) is 2.10. The molecule has 15 rings (SSSR count). The third kappa shape index (κ3) is 9.43. The molecule has 0 saturated carbocycles. The van der Waals surface area contributed by atoms with Crippen LogP contribution in [0.4, 0.5) is 0 Å². The van der Waals surface area contributed by atoms with E-state index in [0.717, 1.165) is 85.0 Å². The van der Waals surface area contributed by atoms with Crippen LogP contribution in [0.3, 0.4) is 0 Å². The Morgan fingerprint density at radius 3 is 1.84 bits per heavy atom. The van der Waals surface area contributed by atoms with Crippen molar-refractivity contribution in [1.29, 1.82) is 0 Å². The predicted octanol–water partition coefficient (Wildman–Crippen LogP) is 21.9. The summed E-state index contributed by atoms with van der Waals surface area (Å²) in [4.78, 5) is 4.93. The van der Waals surface area contributed by atoms with Gasteiger partial charge in [-0.2, -0.15) is 0 Å². The minimum atomic E-state index is -2.73. The molecule has 0 fully saturated rings. The number of fused-ring (bicyclic) bond motifs is 11. The van der Waals surface area contributed by atoms with Crippen molar-refractivity contribution in [1.82, 2.24) is 14.1 Å². The lowest BCUT2D eigenvalue weighted by Gasteiger charge is -2.42. The molecular weight excluding hydrogens is 1080 g/mol. The van der Waals surface area contributed by atoms with Gasteiger partial charge in [0.05, 0.1) is 40.3 Å². The summed E-state index contributed by atoms with van der Waals surface area (Å²) in [6.45, 7) is 16.7. The molecule has 13 aromatic rings. The summed E-state index contributed by atoms with van der Waals surface area (Å²) in [7, 11) is 0. The lowest BCUT2D eigenvalue weighted by atomic mass is 9.62. The lowest BCUT2D eigenvalue weighted by molar-refractivity contribution is -0.570. The lowest BCUT2D eigenvalue weighted by Crippen LogP contribution is -2.34. The number of imidazole rings is 1. The maximum absolute atomic E-state index is 9.56. The first-order valence-corrected chi connectivity index (χ1v) is 30.8. The third-order valence-electron chi connectivity index (χ3n) is 18.9. The van der Waals surface area contributed by atoms with Crippen LogP contribution >= 0.6 is 0 Å². The first-order chi connectivity index (χ1) is 47.2. The number of hydrogen-bond donors (Lipinski definition) is 0. The normalized spacial score (nSPS) is 16.2. The van der Waals surface area contributed by atoms with E-state index in [-0.39, 0.29) is 56.0 Å². The molecule has 2 aliphatic rings. The van der Waals surface area contributed by atoms with E-state index in [0.29, 0.717) is 61.7 Å². The second kappa shape index (κ2) is 20.5. The molecule has 3 aromatic heterocycles. The Hall–Kier alpha value is -9.58. The molecular formula is C84H76N4O. The Bertz CT molecular complexity index is 5520. The molecule has 0 saturated heterocycles. The van der Waals surface area contributed by atoms with Crippen LogP contribution in [0.15, 0.2) is 218 Å². The second-order valence-electron chi connectivity index (χ2n) is 27.7. The highest BCUT2D eigenvalue weighted by Gasteiger charge is 2.39. The van der Waals surface area contributed by atoms with Gasteiger partial charge in [-0.3, -0.25) is 13.7 Å². The Morgan fingerprint density at radius 1 is 0.506 bits per heavy atom. The van der Waals surface area contributed by atoms with Gasteiger partial charge in [-0.15, -0.1) is 0 Å². The van der Waals surface area contributed by atoms with Gasteiger partial charge in [0.2, 0.25) is 0 Å². The average molecular weight is 1170 g/mol. The van der Waals surface area contributed by atoms with Gasteiger partial charge in [0.1, 0.15) is 17.3 Å². The van der Waals surface area contributed by atoms with Crippen molar-refractivity contribution in [3.8, 4) is 95.5 Å². The first kappa shape index (κ1) is 44.8. The quantitative estimate of drug-likeness (QED) is 0.118. The van der Waals surface area contributed by atoms with Gasteiger partial charge in [0.15, 0.2) is 0 Å². The van der Waals surface area contributed by atoms with Crippen molar-refractivity contribution in [2.45, 2.75) is 117 Å². The largest absolute Gasteiger partial charge is 0.458 e. The average Bonchev–Trinajstić information content (AvgIpc) is 1.46. The van der Waals surface area contributed by atoms with Crippen molar-refractivity contribution in [2.75, 3.05) is 0 Å². The van der Waals surface area contributed by atoms with Crippen molar-refractivity contribution in [3.05, 3.63) is 258 Å². The van der Waals surface area contributed by atoms with Gasteiger partial charge < -0.3 is 4.74 Å². The monoisotopic (exact) mass is 1170 g/mol. The molecule has 10 aromatic carbocycles. The van der Waals surface area contributed by atoms with E-state index in [2.05, 4.69) is 164 Å². The van der Waals surface area contributed by atoms with Crippen molar-refractivity contribution in [3.63, 3.8) is 0 Å². The summed E-state index contributed by atoms with van der Waals surface area (Å²) in [5.41, 5.74) is 14.7. The number of ether oxygens (including phenoxy) is 1. The number of aromatic nitrogens is 4. The summed E-state index contributed by atoms with van der Waals surface area (Å²) >= 11 is 0. The van der Waals surface area contributed by atoms with Crippen LogP contribution in [0, 0.1) is 20.0 Å². The molecule has 0 spiro atoms. The van der Waals surface area contributed by atoms with Crippen molar-refractivity contribution < 1.29 is 24.4 Å². The fourth-order valence-electron chi connectivity index (χ4n) is 13.9. The maximum atomic E-state index is 9.56. The highest BCUT2D eigenvalue weighted by Crippen LogP contribution is 2.54. The number of nitrogens with zero attached hydrogens (tertiary/aromatic N) is 4. The van der Waals surface area contributed by atoms with Crippen LogP contribution < -0.4 is 9.30 Å². The summed E-state index contributed by atoms with van der Waals surface area (Å²) in [6.07, 6.45) is 7.62. The molecule has 5 nitrogen and oxygen atoms in total. The minimum Gasteiger partial charge on any atom is -0.458 e. The minimum absolute atomic E-state index is 0.0205. The van der Waals surface area contributed by atoms with Crippen LogP contribution in [-0.4, -0.2) is 14.1 Å². The molecule has 438 valence electrons. The van der Waals surface area contributed by atoms with Crippen molar-refractivity contribution in [2.24, 2.45) is 0 Å². The molecule has 0 radical (unpaired) electrons. The van der Waals surface area contributed by atoms with Crippen LogP contribution in [0.25, 0.3) is 117 Å². The van der Waals surface area contributed by atoms with Crippen LogP contribution in [-0.2, 0) is 21.7 Å². The van der Waals surface area contributed by atoms with E-state index >= 15 is 0 Å². The molecule has 0 unspecified atom stereocenters. The van der Waals surface area contributed by atoms with E-state index in [1.807, 2.05) is 95.7 Å². The maximum Gasteiger partial charge on any atom is 0.269 e. The summed E-state index contributed by atoms with van der Waals surface area (Å²) < 4.78 is 114. The number of benzene rings is 10. The van der Waals surface area contributed by atoms with Crippen LogP contribution in [0.5, 0.6) is 11.5 Å². The topological polar surface area (TPSA) is 35.9 Å². The second-order valence-corrected chi connectivity index (χ2v) is 27.7. The molecule has 1 aliphatic heterocycles. The van der Waals surface area contributed by atoms with E-state index in [4.69, 9.17) is 22.1 Å². The molecule has 1 aliphatic carbocycles. The number of pyridine rings is 1. The molecule has 0 N–H and O–H groups in total. The predicted molar refractivity (Wildman–Crippen MR) is 371 cm³/mol. The SMILES string of the molecule is [2H]c1c([2H])c([2H])c(-c2cc3c4c(c2)n(-c2cccc(Oc5ccc6c7ccccc7n(-c7cc(C(C)(C)C)ccn7)c6c5)c2)[c-][n+]4-c2c(-c4ccc(C(C)(C)C)cc4)cc(-c4c(C([2H])([2H])[2H])cccc4C([2H])([2H])[2H])cc2-c2cc4c(cc2-c2ccccc2-3)C(C)(C)CCC4(C)C)c([2H])c1[2H]. The smallest absolute Gasteiger partial charge is 0.269 e. The number of hydrogen-bond acceptors (Lipinski definition) is 2. The van der Waals surface area contributed by atoms with E-state index < -0.39 is 31.8 Å². The Balaban J connectivity index is 1.08. The third-order valence-corrected chi connectivity index (χ3v) is 18.9.